The molecule has 0 bridgehead atoms. The van der Waals surface area contributed by atoms with Gasteiger partial charge in [-0.1, -0.05) is 6.92 Å². The summed E-state index contributed by atoms with van der Waals surface area (Å²) in [6, 6.07) is 3.55. The highest BCUT2D eigenvalue weighted by atomic mass is 16.5. The summed E-state index contributed by atoms with van der Waals surface area (Å²) < 4.78 is 11.4. The standard InChI is InChI=1S/C17H23N5O3/c1-3-5-15-19-16(21-20-15)14-11-22(8-9-24-14)17(23)12(2)25-13-6-4-7-18-10-13/h4,6-7,10,12,14H,3,5,8-9,11H2,1-2H3,(H,19,20,21)/t12-,14+/m1/s1. The molecule has 2 aromatic heterocycles. The molecule has 2 atom stereocenters. The topological polar surface area (TPSA) is 93.2 Å². The third-order valence-corrected chi connectivity index (χ3v) is 4.00. The zero-order valence-corrected chi connectivity index (χ0v) is 14.5. The molecule has 0 aliphatic carbocycles. The lowest BCUT2D eigenvalue weighted by Crippen LogP contribution is -2.47. The Balaban J connectivity index is 1.60. The second kappa shape index (κ2) is 8.06. The normalized spacial score (nSPS) is 18.8. The van der Waals surface area contributed by atoms with Gasteiger partial charge in [0.05, 0.1) is 19.3 Å². The molecule has 1 amide bonds. The van der Waals surface area contributed by atoms with Gasteiger partial charge in [-0.05, 0) is 25.5 Å². The van der Waals surface area contributed by atoms with Gasteiger partial charge < -0.3 is 14.4 Å². The molecule has 3 rings (SSSR count). The van der Waals surface area contributed by atoms with Gasteiger partial charge in [0.2, 0.25) is 0 Å². The molecule has 0 radical (unpaired) electrons. The molecule has 3 heterocycles. The molecule has 25 heavy (non-hydrogen) atoms. The third kappa shape index (κ3) is 4.33. The van der Waals surface area contributed by atoms with Crippen LogP contribution in [0.2, 0.25) is 0 Å². The largest absolute Gasteiger partial charge is 0.479 e. The molecule has 0 aromatic carbocycles. The van der Waals surface area contributed by atoms with E-state index in [9.17, 15) is 4.79 Å². The van der Waals surface area contributed by atoms with Crippen molar-refractivity contribution in [2.24, 2.45) is 0 Å². The number of ether oxygens (including phenoxy) is 2. The van der Waals surface area contributed by atoms with Crippen molar-refractivity contribution in [1.29, 1.82) is 0 Å². The first-order valence-corrected chi connectivity index (χ1v) is 8.55. The Hall–Kier alpha value is -2.48. The minimum atomic E-state index is -0.592. The molecule has 8 heteroatoms. The highest BCUT2D eigenvalue weighted by Crippen LogP contribution is 2.20. The van der Waals surface area contributed by atoms with E-state index in [-0.39, 0.29) is 12.0 Å². The highest BCUT2D eigenvalue weighted by molar-refractivity contribution is 5.81. The smallest absolute Gasteiger partial charge is 0.263 e. The lowest BCUT2D eigenvalue weighted by atomic mass is 10.2. The SMILES string of the molecule is CCCc1nc([C@@H]2CN(C(=O)[C@@H](C)Oc3cccnc3)CCO2)n[nH]1. The van der Waals surface area contributed by atoms with Crippen molar-refractivity contribution in [3.05, 3.63) is 36.2 Å². The monoisotopic (exact) mass is 345 g/mol. The molecule has 2 aromatic rings. The molecule has 134 valence electrons. The van der Waals surface area contributed by atoms with Crippen LogP contribution in [0.5, 0.6) is 5.75 Å². The Morgan fingerprint density at radius 1 is 1.56 bits per heavy atom. The number of pyridine rings is 1. The van der Waals surface area contributed by atoms with Gasteiger partial charge >= 0.3 is 0 Å². The van der Waals surface area contributed by atoms with E-state index in [4.69, 9.17) is 9.47 Å². The number of aromatic nitrogens is 4. The quantitative estimate of drug-likeness (QED) is 0.853. The molecule has 8 nitrogen and oxygen atoms in total. The van der Waals surface area contributed by atoms with E-state index in [2.05, 4.69) is 27.1 Å². The van der Waals surface area contributed by atoms with E-state index in [1.165, 1.54) is 0 Å². The van der Waals surface area contributed by atoms with E-state index in [1.807, 2.05) is 0 Å². The summed E-state index contributed by atoms with van der Waals surface area (Å²) in [7, 11) is 0. The number of hydrogen-bond acceptors (Lipinski definition) is 6. The zero-order chi connectivity index (χ0) is 17.6. The Bertz CT molecular complexity index is 691. The second-order valence-electron chi connectivity index (χ2n) is 5.98. The van der Waals surface area contributed by atoms with Crippen molar-refractivity contribution in [1.82, 2.24) is 25.1 Å². The molecular formula is C17H23N5O3. The summed E-state index contributed by atoms with van der Waals surface area (Å²) in [6.45, 7) is 5.23. The maximum atomic E-state index is 12.7. The van der Waals surface area contributed by atoms with Crippen LogP contribution >= 0.6 is 0 Å². The number of morpholine rings is 1. The molecule has 1 saturated heterocycles. The highest BCUT2D eigenvalue weighted by Gasteiger charge is 2.31. The van der Waals surface area contributed by atoms with Crippen molar-refractivity contribution >= 4 is 5.91 Å². The molecule has 1 N–H and O–H groups in total. The van der Waals surface area contributed by atoms with Crippen molar-refractivity contribution in [3.63, 3.8) is 0 Å². The van der Waals surface area contributed by atoms with Gasteiger partial charge in [0.25, 0.3) is 5.91 Å². The number of hydrogen-bond donors (Lipinski definition) is 1. The van der Waals surface area contributed by atoms with Gasteiger partial charge in [-0.15, -0.1) is 0 Å². The van der Waals surface area contributed by atoms with Crippen LogP contribution in [0.3, 0.4) is 0 Å². The lowest BCUT2D eigenvalue weighted by Gasteiger charge is -2.33. The maximum Gasteiger partial charge on any atom is 0.263 e. The van der Waals surface area contributed by atoms with Crippen molar-refractivity contribution < 1.29 is 14.3 Å². The number of H-pyrrole nitrogens is 1. The number of nitrogens with zero attached hydrogens (tertiary/aromatic N) is 4. The van der Waals surface area contributed by atoms with Crippen LogP contribution in [0, 0.1) is 0 Å². The predicted molar refractivity (Wildman–Crippen MR) is 90.0 cm³/mol. The van der Waals surface area contributed by atoms with Gasteiger partial charge in [-0.25, -0.2) is 4.98 Å². The lowest BCUT2D eigenvalue weighted by molar-refractivity contribution is -0.146. The fourth-order valence-electron chi connectivity index (χ4n) is 2.74. The number of rotatable bonds is 6. The summed E-state index contributed by atoms with van der Waals surface area (Å²) in [4.78, 5) is 22.9. The van der Waals surface area contributed by atoms with Gasteiger partial charge in [0.15, 0.2) is 11.9 Å². The van der Waals surface area contributed by atoms with Crippen molar-refractivity contribution in [3.8, 4) is 5.75 Å². The Labute approximate surface area is 146 Å². The van der Waals surface area contributed by atoms with Gasteiger partial charge in [-0.2, -0.15) is 5.10 Å². The molecule has 1 aliphatic heterocycles. The first kappa shape index (κ1) is 17.3. The van der Waals surface area contributed by atoms with E-state index >= 15 is 0 Å². The van der Waals surface area contributed by atoms with Crippen molar-refractivity contribution in [2.45, 2.75) is 38.9 Å². The second-order valence-corrected chi connectivity index (χ2v) is 5.98. The van der Waals surface area contributed by atoms with Crippen molar-refractivity contribution in [2.75, 3.05) is 19.7 Å². The first-order valence-electron chi connectivity index (χ1n) is 8.55. The summed E-state index contributed by atoms with van der Waals surface area (Å²) >= 11 is 0. The fraction of sp³-hybridized carbons (Fsp3) is 0.529. The Morgan fingerprint density at radius 2 is 2.44 bits per heavy atom. The molecule has 1 aliphatic rings. The van der Waals surface area contributed by atoms with E-state index in [1.54, 1.807) is 36.4 Å². The molecule has 0 saturated carbocycles. The summed E-state index contributed by atoms with van der Waals surface area (Å²) in [5.74, 6) is 1.94. The molecule has 1 fully saturated rings. The molecular weight excluding hydrogens is 322 g/mol. The number of nitrogens with one attached hydrogen (secondary N) is 1. The minimum Gasteiger partial charge on any atom is -0.479 e. The van der Waals surface area contributed by atoms with Crippen LogP contribution in [0.1, 0.15) is 38.0 Å². The van der Waals surface area contributed by atoms with E-state index < -0.39 is 6.10 Å². The predicted octanol–water partition coefficient (Wildman–Crippen LogP) is 1.52. The van der Waals surface area contributed by atoms with Crippen LogP contribution in [-0.4, -0.2) is 56.8 Å². The van der Waals surface area contributed by atoms with Crippen LogP contribution in [0.25, 0.3) is 0 Å². The fourth-order valence-corrected chi connectivity index (χ4v) is 2.74. The molecule has 0 unspecified atom stereocenters. The Morgan fingerprint density at radius 3 is 3.20 bits per heavy atom. The van der Waals surface area contributed by atoms with Crippen LogP contribution in [0.4, 0.5) is 0 Å². The van der Waals surface area contributed by atoms with E-state index in [0.717, 1.165) is 18.7 Å². The average Bonchev–Trinajstić information content (AvgIpc) is 3.11. The van der Waals surface area contributed by atoms with Crippen LogP contribution in [-0.2, 0) is 16.0 Å². The summed E-state index contributed by atoms with van der Waals surface area (Å²) in [5, 5.41) is 7.15. The number of amides is 1. The Kier molecular flexibility index (Phi) is 5.60. The summed E-state index contributed by atoms with van der Waals surface area (Å²) in [5.41, 5.74) is 0. The number of aryl methyl sites for hydroxylation is 1. The van der Waals surface area contributed by atoms with Crippen LogP contribution in [0.15, 0.2) is 24.5 Å². The number of aromatic amines is 1. The zero-order valence-electron chi connectivity index (χ0n) is 14.5. The first-order chi connectivity index (χ1) is 12.2. The summed E-state index contributed by atoms with van der Waals surface area (Å²) in [6.07, 6.45) is 4.19. The van der Waals surface area contributed by atoms with E-state index in [0.29, 0.717) is 31.3 Å². The van der Waals surface area contributed by atoms with Crippen LogP contribution < -0.4 is 4.74 Å². The number of carbonyl (C=O) groups excluding carboxylic acids is 1. The third-order valence-electron chi connectivity index (χ3n) is 4.00. The molecule has 0 spiro atoms. The minimum absolute atomic E-state index is 0.0820. The van der Waals surface area contributed by atoms with Gasteiger partial charge in [0, 0.05) is 19.2 Å². The average molecular weight is 345 g/mol. The number of carbonyl (C=O) groups is 1. The van der Waals surface area contributed by atoms with Gasteiger partial charge in [-0.3, -0.25) is 14.9 Å². The van der Waals surface area contributed by atoms with Gasteiger partial charge in [0.1, 0.15) is 17.7 Å². The maximum absolute atomic E-state index is 12.7.